The van der Waals surface area contributed by atoms with Crippen LogP contribution in [0.25, 0.3) is 0 Å². The first kappa shape index (κ1) is 24.3. The quantitative estimate of drug-likeness (QED) is 0.461. The van der Waals surface area contributed by atoms with Crippen molar-refractivity contribution in [2.75, 3.05) is 7.11 Å². The zero-order valence-electron chi connectivity index (χ0n) is 20.3. The summed E-state index contributed by atoms with van der Waals surface area (Å²) in [7, 11) is 1.31. The highest BCUT2D eigenvalue weighted by Gasteiger charge is 2.68. The molecule has 2 aliphatic carbocycles. The van der Waals surface area contributed by atoms with Gasteiger partial charge >= 0.3 is 17.9 Å². The first-order chi connectivity index (χ1) is 16.0. The fourth-order valence-electron chi connectivity index (χ4n) is 6.68. The Kier molecular flexibility index (Phi) is 6.29. The van der Waals surface area contributed by atoms with Crippen molar-refractivity contribution < 1.29 is 37.9 Å². The van der Waals surface area contributed by atoms with Crippen LogP contribution in [0.1, 0.15) is 77.6 Å². The summed E-state index contributed by atoms with van der Waals surface area (Å²) < 4.78 is 21.6. The summed E-state index contributed by atoms with van der Waals surface area (Å²) in [6.07, 6.45) is 0.883. The van der Waals surface area contributed by atoms with Gasteiger partial charge in [-0.05, 0) is 30.1 Å². The third kappa shape index (κ3) is 3.80. The number of hydrogen-bond acceptors (Lipinski definition) is 10. The van der Waals surface area contributed by atoms with Gasteiger partial charge in [0.1, 0.15) is 0 Å². The number of ketones is 1. The fraction of sp³-hybridized carbons (Fsp3) is 0.750. The van der Waals surface area contributed by atoms with E-state index in [1.165, 1.54) is 14.0 Å². The molecule has 1 aromatic rings. The number of methoxy groups -OCH3 is 1. The molecule has 34 heavy (non-hydrogen) atoms. The van der Waals surface area contributed by atoms with Crippen molar-refractivity contribution in [1.29, 1.82) is 0 Å². The minimum absolute atomic E-state index is 0.0662. The van der Waals surface area contributed by atoms with Crippen molar-refractivity contribution in [3.8, 4) is 0 Å². The van der Waals surface area contributed by atoms with E-state index in [0.717, 1.165) is 6.42 Å². The van der Waals surface area contributed by atoms with E-state index in [1.54, 1.807) is 0 Å². The lowest BCUT2D eigenvalue weighted by Crippen LogP contribution is -2.64. The van der Waals surface area contributed by atoms with Crippen LogP contribution in [0.15, 0.2) is 4.52 Å². The molecule has 0 aromatic carbocycles. The van der Waals surface area contributed by atoms with Crippen molar-refractivity contribution >= 4 is 23.7 Å². The Labute approximate surface area is 198 Å². The van der Waals surface area contributed by atoms with Gasteiger partial charge in [0.15, 0.2) is 23.8 Å². The number of aryl methyl sites for hydroxylation is 1. The normalized spacial score (nSPS) is 37.3. The molecule has 1 aromatic heterocycles. The summed E-state index contributed by atoms with van der Waals surface area (Å²) in [5.74, 6) is -2.93. The van der Waals surface area contributed by atoms with Gasteiger partial charge in [-0.2, -0.15) is 4.98 Å². The summed E-state index contributed by atoms with van der Waals surface area (Å²) >= 11 is 0. The molecule has 2 heterocycles. The Hall–Kier alpha value is -2.78. The van der Waals surface area contributed by atoms with E-state index in [0.29, 0.717) is 25.1 Å². The molecular weight excluding hydrogens is 444 g/mol. The predicted octanol–water partition coefficient (Wildman–Crippen LogP) is 2.74. The molecule has 3 aliphatic rings. The van der Waals surface area contributed by atoms with E-state index in [4.69, 9.17) is 18.7 Å². The van der Waals surface area contributed by atoms with Crippen LogP contribution in [0.3, 0.4) is 0 Å². The van der Waals surface area contributed by atoms with Gasteiger partial charge in [0.25, 0.3) is 5.89 Å². The number of fused-ring (bicyclic) bond motifs is 3. The van der Waals surface area contributed by atoms with Crippen molar-refractivity contribution in [3.05, 3.63) is 11.7 Å². The number of Topliss-reactive ketones (excluding diaryl/α,β-unsaturated/α-hetero) is 1. The first-order valence-corrected chi connectivity index (χ1v) is 11.9. The number of nitrogens with zero attached hydrogens (tertiary/aromatic N) is 2. The number of esters is 3. The Morgan fingerprint density at radius 3 is 2.59 bits per heavy atom. The topological polar surface area (TPSA) is 135 Å². The van der Waals surface area contributed by atoms with Crippen molar-refractivity contribution in [2.24, 2.45) is 28.6 Å². The van der Waals surface area contributed by atoms with Gasteiger partial charge < -0.3 is 18.7 Å². The Morgan fingerprint density at radius 1 is 1.21 bits per heavy atom. The minimum Gasteiger partial charge on any atom is -0.469 e. The zero-order chi connectivity index (χ0) is 24.8. The van der Waals surface area contributed by atoms with Gasteiger partial charge in [0, 0.05) is 32.1 Å². The maximum atomic E-state index is 13.8. The van der Waals surface area contributed by atoms with Crippen LogP contribution in [-0.2, 0) is 39.8 Å². The number of carbonyl (C=O) groups is 4. The van der Waals surface area contributed by atoms with Crippen LogP contribution in [0.5, 0.6) is 0 Å². The number of hydrogen-bond donors (Lipinski definition) is 0. The molecule has 4 rings (SSSR count). The van der Waals surface area contributed by atoms with Crippen molar-refractivity contribution in [2.45, 2.75) is 78.4 Å². The van der Waals surface area contributed by atoms with Gasteiger partial charge in [-0.3, -0.25) is 19.2 Å². The zero-order valence-corrected chi connectivity index (χ0v) is 20.3. The first-order valence-electron chi connectivity index (χ1n) is 11.9. The monoisotopic (exact) mass is 476 g/mol. The van der Waals surface area contributed by atoms with Crippen LogP contribution < -0.4 is 0 Å². The summed E-state index contributed by atoms with van der Waals surface area (Å²) in [4.78, 5) is 56.0. The van der Waals surface area contributed by atoms with Gasteiger partial charge in [-0.1, -0.05) is 25.9 Å². The van der Waals surface area contributed by atoms with Gasteiger partial charge in [-0.15, -0.1) is 0 Å². The number of cyclic esters (lactones) is 1. The second kappa shape index (κ2) is 8.78. The SMILES string of the molecule is CCCc1noc([C@@H]2C[C@]3(C)[C@H]4C(=O)[C@@H](OC(C)=O)C[C@@H](C(=O)OC)[C@]4(C)CC[C@H]3C(=O)O2)n1. The molecule has 3 fully saturated rings. The lowest BCUT2D eigenvalue weighted by Gasteiger charge is -2.60. The maximum Gasteiger partial charge on any atom is 0.310 e. The molecule has 186 valence electrons. The number of rotatable bonds is 5. The van der Waals surface area contributed by atoms with E-state index in [1.807, 2.05) is 20.8 Å². The molecule has 2 saturated carbocycles. The van der Waals surface area contributed by atoms with Crippen LogP contribution in [0, 0.1) is 28.6 Å². The van der Waals surface area contributed by atoms with Crippen LogP contribution in [0.4, 0.5) is 0 Å². The molecule has 0 spiro atoms. The number of aromatic nitrogens is 2. The van der Waals surface area contributed by atoms with Crippen molar-refractivity contribution in [1.82, 2.24) is 10.1 Å². The second-order valence-electron chi connectivity index (χ2n) is 10.3. The minimum atomic E-state index is -1.08. The van der Waals surface area contributed by atoms with Crippen LogP contribution >= 0.6 is 0 Å². The lowest BCUT2D eigenvalue weighted by molar-refractivity contribution is -0.211. The third-order valence-corrected chi connectivity index (χ3v) is 8.13. The highest BCUT2D eigenvalue weighted by Crippen LogP contribution is 2.65. The van der Waals surface area contributed by atoms with E-state index < -0.39 is 58.7 Å². The van der Waals surface area contributed by atoms with Gasteiger partial charge in [-0.25, -0.2) is 0 Å². The standard InChI is InChI=1S/C24H32N2O8/c1-6-7-17-25-20(34-26-17)16-11-24(4)13(22(30)33-16)8-9-23(3)14(21(29)31-5)10-15(32-12(2)27)18(28)19(23)24/h13-16,19H,6-11H2,1-5H3/t13-,14-,15-,16-,19-,23-,24-/m0/s1. The Morgan fingerprint density at radius 2 is 1.94 bits per heavy atom. The largest absolute Gasteiger partial charge is 0.469 e. The molecule has 0 N–H and O–H groups in total. The van der Waals surface area contributed by atoms with Crippen LogP contribution in [0.2, 0.25) is 0 Å². The predicted molar refractivity (Wildman–Crippen MR) is 115 cm³/mol. The van der Waals surface area contributed by atoms with Crippen molar-refractivity contribution in [3.63, 3.8) is 0 Å². The molecule has 10 heteroatoms. The van der Waals surface area contributed by atoms with E-state index in [9.17, 15) is 19.2 Å². The summed E-state index contributed by atoms with van der Waals surface area (Å²) in [5, 5.41) is 3.97. The molecule has 0 unspecified atom stereocenters. The Balaban J connectivity index is 1.75. The average molecular weight is 477 g/mol. The lowest BCUT2D eigenvalue weighted by atomic mass is 9.43. The molecule has 0 bridgehead atoms. The maximum absolute atomic E-state index is 13.8. The van der Waals surface area contributed by atoms with Crippen LogP contribution in [-0.4, -0.2) is 47.0 Å². The molecule has 1 saturated heterocycles. The summed E-state index contributed by atoms with van der Waals surface area (Å²) in [5.41, 5.74) is -1.63. The molecular formula is C24H32N2O8. The average Bonchev–Trinajstić information content (AvgIpc) is 3.23. The Bertz CT molecular complexity index is 1000. The summed E-state index contributed by atoms with van der Waals surface area (Å²) in [6, 6.07) is 0. The molecule has 0 radical (unpaired) electrons. The number of carbonyl (C=O) groups excluding carboxylic acids is 4. The van der Waals surface area contributed by atoms with Gasteiger partial charge in [0.2, 0.25) is 0 Å². The number of ether oxygens (including phenoxy) is 3. The van der Waals surface area contributed by atoms with E-state index in [-0.39, 0.29) is 24.5 Å². The highest BCUT2D eigenvalue weighted by molar-refractivity contribution is 5.93. The smallest absolute Gasteiger partial charge is 0.310 e. The van der Waals surface area contributed by atoms with E-state index in [2.05, 4.69) is 10.1 Å². The molecule has 7 atom stereocenters. The van der Waals surface area contributed by atoms with Gasteiger partial charge in [0.05, 0.1) is 18.9 Å². The third-order valence-electron chi connectivity index (χ3n) is 8.13. The second-order valence-corrected chi connectivity index (χ2v) is 10.3. The van der Waals surface area contributed by atoms with E-state index >= 15 is 0 Å². The fourth-order valence-corrected chi connectivity index (χ4v) is 6.68. The highest BCUT2D eigenvalue weighted by atomic mass is 16.6. The summed E-state index contributed by atoms with van der Waals surface area (Å²) in [6.45, 7) is 7.02. The molecule has 1 aliphatic heterocycles. The molecule has 10 nitrogen and oxygen atoms in total. The molecule has 0 amide bonds.